The number of nitrogens with zero attached hydrogens (tertiary/aromatic N) is 1. The molecule has 180 valence electrons. The smallest absolute Gasteiger partial charge is 0.317 e. The average molecular weight is 540 g/mol. The van der Waals surface area contributed by atoms with E-state index in [9.17, 15) is 14.7 Å². The third-order valence-corrected chi connectivity index (χ3v) is 7.33. The van der Waals surface area contributed by atoms with Crippen LogP contribution in [0.1, 0.15) is 22.6 Å². The first-order valence-electron chi connectivity index (χ1n) is 10.8. The molecular formula is C26H22BrNO7. The number of aliphatic hydroxyl groups is 1. The summed E-state index contributed by atoms with van der Waals surface area (Å²) in [6.45, 7) is 0. The molecule has 9 heteroatoms. The van der Waals surface area contributed by atoms with Crippen LogP contribution in [0, 0.1) is 5.92 Å². The lowest BCUT2D eigenvalue weighted by Gasteiger charge is -2.39. The predicted octanol–water partition coefficient (Wildman–Crippen LogP) is 3.49. The Morgan fingerprint density at radius 3 is 2.34 bits per heavy atom. The quantitative estimate of drug-likeness (QED) is 0.388. The first-order valence-corrected chi connectivity index (χ1v) is 11.6. The Morgan fingerprint density at radius 1 is 1.06 bits per heavy atom. The number of methoxy groups -OCH3 is 3. The molecule has 4 atom stereocenters. The molecule has 2 aliphatic rings. The normalized spacial score (nSPS) is 26.5. The van der Waals surface area contributed by atoms with E-state index in [-0.39, 0.29) is 23.1 Å². The zero-order valence-electron chi connectivity index (χ0n) is 19.2. The molecule has 0 bridgehead atoms. The molecule has 2 heterocycles. The number of benzene rings is 2. The van der Waals surface area contributed by atoms with Gasteiger partial charge in [-0.3, -0.25) is 9.59 Å². The fourth-order valence-corrected chi connectivity index (χ4v) is 5.65. The van der Waals surface area contributed by atoms with E-state index in [0.717, 1.165) is 4.47 Å². The number of ether oxygens (including phenoxy) is 4. The third-order valence-electron chi connectivity index (χ3n) is 6.80. The van der Waals surface area contributed by atoms with E-state index >= 15 is 0 Å². The SMILES string of the molecule is COC(=O)[C@H]1C(=O)C2(O)c3c(cc(OC)nc3OC)OC2(c2ccc(Br)cc2)C1c1ccccc1. The van der Waals surface area contributed by atoms with E-state index in [2.05, 4.69) is 20.9 Å². The second-order valence-corrected chi connectivity index (χ2v) is 9.27. The highest BCUT2D eigenvalue weighted by molar-refractivity contribution is 9.10. The largest absolute Gasteiger partial charge is 0.481 e. The minimum absolute atomic E-state index is 0.0356. The van der Waals surface area contributed by atoms with Gasteiger partial charge in [0, 0.05) is 10.5 Å². The Bertz CT molecular complexity index is 1310. The van der Waals surface area contributed by atoms with Crippen LogP contribution < -0.4 is 14.2 Å². The molecule has 5 rings (SSSR count). The number of halogens is 1. The van der Waals surface area contributed by atoms with Gasteiger partial charge in [-0.25, -0.2) is 0 Å². The summed E-state index contributed by atoms with van der Waals surface area (Å²) in [6.07, 6.45) is 0. The number of carbonyl (C=O) groups excluding carboxylic acids is 2. The molecule has 0 saturated heterocycles. The first-order chi connectivity index (χ1) is 16.8. The van der Waals surface area contributed by atoms with Crippen LogP contribution in [0.2, 0.25) is 0 Å². The highest BCUT2D eigenvalue weighted by atomic mass is 79.9. The fraction of sp³-hybridized carbons (Fsp3) is 0.269. The van der Waals surface area contributed by atoms with Gasteiger partial charge in [0.15, 0.2) is 11.4 Å². The van der Waals surface area contributed by atoms with Gasteiger partial charge in [0.2, 0.25) is 17.4 Å². The van der Waals surface area contributed by atoms with Crippen molar-refractivity contribution in [1.82, 2.24) is 4.98 Å². The summed E-state index contributed by atoms with van der Waals surface area (Å²) < 4.78 is 23.2. The van der Waals surface area contributed by atoms with Crippen LogP contribution in [0.4, 0.5) is 0 Å². The van der Waals surface area contributed by atoms with Crippen LogP contribution >= 0.6 is 15.9 Å². The number of pyridine rings is 1. The maximum Gasteiger partial charge on any atom is 0.317 e. The Labute approximate surface area is 209 Å². The summed E-state index contributed by atoms with van der Waals surface area (Å²) in [5.74, 6) is -3.49. The predicted molar refractivity (Wildman–Crippen MR) is 127 cm³/mol. The lowest BCUT2D eigenvalue weighted by molar-refractivity contribution is -0.155. The summed E-state index contributed by atoms with van der Waals surface area (Å²) in [5, 5.41) is 12.5. The monoisotopic (exact) mass is 539 g/mol. The van der Waals surface area contributed by atoms with Gasteiger partial charge in [0.25, 0.3) is 0 Å². The molecule has 0 amide bonds. The van der Waals surface area contributed by atoms with Crippen molar-refractivity contribution >= 4 is 27.7 Å². The molecule has 1 N–H and O–H groups in total. The number of carbonyl (C=O) groups is 2. The van der Waals surface area contributed by atoms with E-state index < -0.39 is 34.8 Å². The number of ketones is 1. The van der Waals surface area contributed by atoms with Crippen molar-refractivity contribution in [3.05, 3.63) is 81.8 Å². The second kappa shape index (κ2) is 8.35. The van der Waals surface area contributed by atoms with Crippen molar-refractivity contribution in [2.24, 2.45) is 5.92 Å². The summed E-state index contributed by atoms with van der Waals surface area (Å²) in [5.41, 5.74) is -2.88. The molecule has 8 nitrogen and oxygen atoms in total. The lowest BCUT2D eigenvalue weighted by atomic mass is 9.71. The van der Waals surface area contributed by atoms with Gasteiger partial charge in [-0.2, -0.15) is 4.98 Å². The molecule has 0 spiro atoms. The highest BCUT2D eigenvalue weighted by Gasteiger charge is 2.79. The molecule has 1 saturated carbocycles. The standard InChI is InChI=1S/C26H22BrNO7/c1-32-18-13-17-21(23(28-18)33-2)25(31)22(29)19(24(30)34-3)20(14-7-5-4-6-8-14)26(25,35-17)15-9-11-16(27)12-10-15/h4-13,19-20,31H,1-3H3/t19-,20?,25?,26?/m1/s1. The second-order valence-electron chi connectivity index (χ2n) is 8.36. The summed E-state index contributed by atoms with van der Waals surface area (Å²) in [7, 11) is 4.02. The fourth-order valence-electron chi connectivity index (χ4n) is 5.39. The van der Waals surface area contributed by atoms with E-state index in [0.29, 0.717) is 11.1 Å². The van der Waals surface area contributed by atoms with Crippen LogP contribution in [-0.2, 0) is 25.5 Å². The van der Waals surface area contributed by atoms with Gasteiger partial charge in [-0.1, -0.05) is 58.4 Å². The highest BCUT2D eigenvalue weighted by Crippen LogP contribution is 2.68. The van der Waals surface area contributed by atoms with E-state index in [1.165, 1.54) is 27.4 Å². The number of hydrogen-bond acceptors (Lipinski definition) is 8. The number of fused-ring (bicyclic) bond motifs is 3. The number of hydrogen-bond donors (Lipinski definition) is 1. The van der Waals surface area contributed by atoms with Gasteiger partial charge >= 0.3 is 5.97 Å². The molecule has 1 aromatic heterocycles. The maximum atomic E-state index is 14.2. The van der Waals surface area contributed by atoms with Crippen LogP contribution in [0.3, 0.4) is 0 Å². The Balaban J connectivity index is 1.90. The summed E-state index contributed by atoms with van der Waals surface area (Å²) in [6, 6.07) is 17.6. The van der Waals surface area contributed by atoms with Gasteiger partial charge in [-0.15, -0.1) is 0 Å². The van der Waals surface area contributed by atoms with Crippen molar-refractivity contribution in [3.8, 4) is 17.5 Å². The van der Waals surface area contributed by atoms with Crippen LogP contribution in [0.15, 0.2) is 65.1 Å². The Morgan fingerprint density at radius 2 is 1.74 bits per heavy atom. The maximum absolute atomic E-state index is 14.2. The number of Topliss-reactive ketones (excluding diaryl/α,β-unsaturated/α-hetero) is 1. The molecular weight excluding hydrogens is 518 g/mol. The van der Waals surface area contributed by atoms with Gasteiger partial charge in [0.1, 0.15) is 17.2 Å². The molecule has 35 heavy (non-hydrogen) atoms. The first kappa shape index (κ1) is 23.3. The number of esters is 1. The van der Waals surface area contributed by atoms with Crippen LogP contribution in [0.5, 0.6) is 17.5 Å². The van der Waals surface area contributed by atoms with Crippen molar-refractivity contribution in [2.45, 2.75) is 17.1 Å². The van der Waals surface area contributed by atoms with Crippen molar-refractivity contribution in [1.29, 1.82) is 0 Å². The average Bonchev–Trinajstić information content (AvgIpc) is 3.26. The molecule has 3 aromatic rings. The van der Waals surface area contributed by atoms with Gasteiger partial charge in [-0.05, 0) is 23.3 Å². The zero-order chi connectivity index (χ0) is 25.0. The van der Waals surface area contributed by atoms with Gasteiger partial charge in [0.05, 0.1) is 27.2 Å². The topological polar surface area (TPSA) is 104 Å². The minimum Gasteiger partial charge on any atom is -0.481 e. The number of rotatable bonds is 5. The molecule has 1 fully saturated rings. The van der Waals surface area contributed by atoms with Crippen LogP contribution in [-0.4, -0.2) is 43.2 Å². The third kappa shape index (κ3) is 3.04. The van der Waals surface area contributed by atoms with Crippen LogP contribution in [0.25, 0.3) is 0 Å². The summed E-state index contributed by atoms with van der Waals surface area (Å²) >= 11 is 3.44. The molecule has 3 unspecified atom stereocenters. The Kier molecular flexibility index (Phi) is 5.56. The Hall–Kier alpha value is -3.43. The van der Waals surface area contributed by atoms with Gasteiger partial charge < -0.3 is 24.1 Å². The minimum atomic E-state index is -2.32. The van der Waals surface area contributed by atoms with Crippen molar-refractivity contribution in [2.75, 3.05) is 21.3 Å². The van der Waals surface area contributed by atoms with E-state index in [4.69, 9.17) is 18.9 Å². The van der Waals surface area contributed by atoms with E-state index in [1.807, 2.05) is 6.07 Å². The molecule has 0 radical (unpaired) electrons. The molecule has 1 aliphatic carbocycles. The molecule has 1 aliphatic heterocycles. The van der Waals surface area contributed by atoms with Crippen molar-refractivity contribution < 1.29 is 33.6 Å². The zero-order valence-corrected chi connectivity index (χ0v) is 20.7. The summed E-state index contributed by atoms with van der Waals surface area (Å²) in [4.78, 5) is 31.5. The number of aromatic nitrogens is 1. The molecule has 2 aromatic carbocycles. The lowest BCUT2D eigenvalue weighted by Crippen LogP contribution is -2.50. The van der Waals surface area contributed by atoms with Crippen molar-refractivity contribution in [3.63, 3.8) is 0 Å². The van der Waals surface area contributed by atoms with E-state index in [1.54, 1.807) is 48.5 Å².